The molecule has 1 heterocycles. The molecule has 6 atom stereocenters. The Morgan fingerprint density at radius 1 is 1.08 bits per heavy atom. The first kappa shape index (κ1) is 19.1. The van der Waals surface area contributed by atoms with Gasteiger partial charge in [0.25, 0.3) is 0 Å². The number of allylic oxidation sites excluding steroid dienone is 1. The zero-order valence-corrected chi connectivity index (χ0v) is 14.1. The Morgan fingerprint density at radius 3 is 2.12 bits per heavy atom. The molecular weight excluding hydrogens is 367 g/mol. The summed E-state index contributed by atoms with van der Waals surface area (Å²) in [7, 11) is 0. The number of ether oxygens (including phenoxy) is 3. The summed E-state index contributed by atoms with van der Waals surface area (Å²) in [6, 6.07) is 0. The molecule has 0 aromatic heterocycles. The van der Waals surface area contributed by atoms with E-state index in [0.717, 1.165) is 13.8 Å². The molecule has 1 aliphatic heterocycles. The minimum atomic E-state index is -5.76. The fourth-order valence-corrected chi connectivity index (χ4v) is 4.49. The van der Waals surface area contributed by atoms with Gasteiger partial charge in [-0.15, -0.1) is 0 Å². The first-order valence-electron chi connectivity index (χ1n) is 7.96. The van der Waals surface area contributed by atoms with E-state index in [2.05, 4.69) is 4.74 Å². The van der Waals surface area contributed by atoms with Gasteiger partial charge in [-0.05, 0) is 19.3 Å². The Balaban J connectivity index is 2.23. The summed E-state index contributed by atoms with van der Waals surface area (Å²) >= 11 is 0. The van der Waals surface area contributed by atoms with Crippen LogP contribution >= 0.6 is 0 Å². The van der Waals surface area contributed by atoms with E-state index in [-0.39, 0.29) is 6.42 Å². The summed E-state index contributed by atoms with van der Waals surface area (Å²) in [4.78, 5) is 22.8. The molecule has 5 nitrogen and oxygen atoms in total. The van der Waals surface area contributed by atoms with Crippen molar-refractivity contribution < 1.29 is 45.8 Å². The van der Waals surface area contributed by atoms with Crippen molar-refractivity contribution in [3.63, 3.8) is 0 Å². The maximum absolute atomic E-state index is 15.3. The van der Waals surface area contributed by atoms with Gasteiger partial charge in [0, 0.05) is 25.7 Å². The molecule has 0 aromatic rings. The van der Waals surface area contributed by atoms with Crippen LogP contribution in [0.15, 0.2) is 12.2 Å². The summed E-state index contributed by atoms with van der Waals surface area (Å²) in [5.41, 5.74) is -2.88. The predicted molar refractivity (Wildman–Crippen MR) is 74.8 cm³/mol. The second kappa shape index (κ2) is 5.40. The molecule has 0 aromatic carbocycles. The number of carbonyl (C=O) groups excluding carboxylic acids is 2. The van der Waals surface area contributed by atoms with Gasteiger partial charge in [-0.25, -0.2) is 0 Å². The fourth-order valence-electron chi connectivity index (χ4n) is 4.49. The molecule has 2 fully saturated rings. The van der Waals surface area contributed by atoms with E-state index >= 15 is 8.78 Å². The van der Waals surface area contributed by atoms with E-state index in [1.54, 1.807) is 12.2 Å². The molecule has 1 saturated heterocycles. The summed E-state index contributed by atoms with van der Waals surface area (Å²) < 4.78 is 85.8. The number of esters is 2. The van der Waals surface area contributed by atoms with Crippen LogP contribution in [0.5, 0.6) is 0 Å². The molecule has 0 amide bonds. The largest absolute Gasteiger partial charge is 0.462 e. The molecule has 146 valence electrons. The Hall–Kier alpha value is -1.71. The highest BCUT2D eigenvalue weighted by Crippen LogP contribution is 2.65. The summed E-state index contributed by atoms with van der Waals surface area (Å²) in [5, 5.41) is 0. The number of fused-ring (bicyclic) bond motifs is 5. The van der Waals surface area contributed by atoms with Crippen molar-refractivity contribution in [1.29, 1.82) is 0 Å². The lowest BCUT2D eigenvalue weighted by Crippen LogP contribution is -2.78. The first-order chi connectivity index (χ1) is 11.8. The fraction of sp³-hybridized carbons (Fsp3) is 0.750. The van der Waals surface area contributed by atoms with E-state index in [1.165, 1.54) is 0 Å². The molecular formula is C16H17F5O5. The second-order valence-electron chi connectivity index (χ2n) is 7.04. The number of hydrogen-bond acceptors (Lipinski definition) is 5. The quantitative estimate of drug-likeness (QED) is 0.416. The van der Waals surface area contributed by atoms with E-state index in [0.29, 0.717) is 6.92 Å². The van der Waals surface area contributed by atoms with E-state index in [1.807, 2.05) is 0 Å². The number of halogens is 5. The molecule has 3 aliphatic rings. The van der Waals surface area contributed by atoms with Crippen molar-refractivity contribution >= 4 is 11.9 Å². The number of rotatable bonds is 2. The highest BCUT2D eigenvalue weighted by atomic mass is 19.4. The maximum atomic E-state index is 15.3. The van der Waals surface area contributed by atoms with Crippen LogP contribution in [0.25, 0.3) is 0 Å². The van der Waals surface area contributed by atoms with Crippen molar-refractivity contribution in [1.82, 2.24) is 0 Å². The zero-order valence-electron chi connectivity index (χ0n) is 14.1. The van der Waals surface area contributed by atoms with Gasteiger partial charge in [0.2, 0.25) is 0 Å². The minimum absolute atomic E-state index is 0.288. The van der Waals surface area contributed by atoms with Crippen molar-refractivity contribution in [3.8, 4) is 0 Å². The van der Waals surface area contributed by atoms with Crippen LogP contribution in [0.3, 0.4) is 0 Å². The van der Waals surface area contributed by atoms with Gasteiger partial charge < -0.3 is 14.2 Å². The van der Waals surface area contributed by atoms with Crippen LogP contribution < -0.4 is 0 Å². The molecule has 0 spiro atoms. The van der Waals surface area contributed by atoms with Crippen LogP contribution in [-0.2, 0) is 23.8 Å². The second-order valence-corrected chi connectivity index (χ2v) is 7.04. The molecule has 26 heavy (non-hydrogen) atoms. The predicted octanol–water partition coefficient (Wildman–Crippen LogP) is 2.99. The summed E-state index contributed by atoms with van der Waals surface area (Å²) in [6.45, 7) is 2.14. The highest BCUT2D eigenvalue weighted by molar-refractivity contribution is 5.68. The van der Waals surface area contributed by atoms with Gasteiger partial charge in [0.05, 0.1) is 6.10 Å². The molecule has 2 bridgehead atoms. The number of carbonyl (C=O) groups is 2. The third kappa shape index (κ3) is 2.23. The SMILES string of the molecule is CC(=O)OC1(C)C2C3C=CC(C3)C2OC(OC(C)=O)(C(F)(F)F)C1(F)F. The van der Waals surface area contributed by atoms with Gasteiger partial charge >= 0.3 is 29.8 Å². The van der Waals surface area contributed by atoms with Gasteiger partial charge in [0.1, 0.15) is 0 Å². The average Bonchev–Trinajstić information content (AvgIpc) is 3.03. The summed E-state index contributed by atoms with van der Waals surface area (Å²) in [6.07, 6.45) is -3.62. The minimum Gasteiger partial charge on any atom is -0.452 e. The standard InChI is InChI=1S/C16H17F5O5/c1-7(22)24-13(3)11-9-4-5-10(6-9)12(11)26-15(14(13,17)18,16(19,20)21)25-8(2)23/h4-5,9-12H,6H2,1-3H3. The number of hydrogen-bond donors (Lipinski definition) is 0. The number of alkyl halides is 5. The smallest absolute Gasteiger partial charge is 0.452 e. The van der Waals surface area contributed by atoms with Crippen LogP contribution in [0.1, 0.15) is 27.2 Å². The van der Waals surface area contributed by atoms with Crippen LogP contribution in [0.2, 0.25) is 0 Å². The lowest BCUT2D eigenvalue weighted by Gasteiger charge is -2.56. The Kier molecular flexibility index (Phi) is 3.96. The zero-order chi connectivity index (χ0) is 19.7. The third-order valence-electron chi connectivity index (χ3n) is 5.38. The normalized spacial score (nSPS) is 43.1. The first-order valence-corrected chi connectivity index (χ1v) is 7.96. The Morgan fingerprint density at radius 2 is 1.62 bits per heavy atom. The van der Waals surface area contributed by atoms with Gasteiger partial charge in [-0.3, -0.25) is 9.59 Å². The van der Waals surface area contributed by atoms with Crippen molar-refractivity contribution in [2.45, 2.75) is 56.8 Å². The van der Waals surface area contributed by atoms with E-state index < -0.39 is 59.3 Å². The van der Waals surface area contributed by atoms with Crippen LogP contribution in [0.4, 0.5) is 22.0 Å². The molecule has 0 radical (unpaired) electrons. The van der Waals surface area contributed by atoms with E-state index in [9.17, 15) is 22.8 Å². The van der Waals surface area contributed by atoms with Gasteiger partial charge in [0.15, 0.2) is 5.60 Å². The Bertz CT molecular complexity index is 674. The van der Waals surface area contributed by atoms with Crippen LogP contribution in [-0.4, -0.2) is 41.5 Å². The van der Waals surface area contributed by atoms with Crippen molar-refractivity contribution in [2.75, 3.05) is 0 Å². The molecule has 10 heteroatoms. The molecule has 6 unspecified atom stereocenters. The van der Waals surface area contributed by atoms with Gasteiger partial charge in [-0.2, -0.15) is 22.0 Å². The van der Waals surface area contributed by atoms with Crippen LogP contribution in [0, 0.1) is 17.8 Å². The Labute approximate surface area is 145 Å². The van der Waals surface area contributed by atoms with Crippen molar-refractivity contribution in [3.05, 3.63) is 12.2 Å². The third-order valence-corrected chi connectivity index (χ3v) is 5.38. The lowest BCUT2D eigenvalue weighted by molar-refractivity contribution is -0.489. The van der Waals surface area contributed by atoms with Crippen molar-refractivity contribution in [2.24, 2.45) is 17.8 Å². The molecule has 3 rings (SSSR count). The molecule has 0 N–H and O–H groups in total. The summed E-state index contributed by atoms with van der Waals surface area (Å²) in [5.74, 6) is -14.5. The molecule has 2 aliphatic carbocycles. The maximum Gasteiger partial charge on any atom is 0.462 e. The lowest BCUT2D eigenvalue weighted by atomic mass is 9.69. The average molecular weight is 384 g/mol. The monoisotopic (exact) mass is 384 g/mol. The van der Waals surface area contributed by atoms with Gasteiger partial charge in [-0.1, -0.05) is 12.2 Å². The molecule has 1 saturated carbocycles. The highest BCUT2D eigenvalue weighted by Gasteiger charge is 2.87. The topological polar surface area (TPSA) is 61.8 Å². The van der Waals surface area contributed by atoms with E-state index in [4.69, 9.17) is 9.47 Å².